The number of hydrogen-bond donors (Lipinski definition) is 0. The monoisotopic (exact) mass is 458 g/mol. The van der Waals surface area contributed by atoms with Gasteiger partial charge in [0.1, 0.15) is 4.33 Å². The molecule has 7 heteroatoms. The Hall–Kier alpha value is -1.56. The number of benzene rings is 1. The summed E-state index contributed by atoms with van der Waals surface area (Å²) in [5, 5.41) is 10.4. The van der Waals surface area contributed by atoms with Crippen LogP contribution in [0.5, 0.6) is 0 Å². The Balaban J connectivity index is 1.53. The molecule has 0 aliphatic heterocycles. The molecule has 4 nitrogen and oxygen atoms in total. The van der Waals surface area contributed by atoms with E-state index < -0.39 is 4.33 Å². The molecule has 2 heterocycles. The second-order valence-corrected chi connectivity index (χ2v) is 10.9. The lowest BCUT2D eigenvalue weighted by Crippen LogP contribution is -2.16. The van der Waals surface area contributed by atoms with Crippen LogP contribution in [0.15, 0.2) is 60.0 Å². The Kier molecular flexibility index (Phi) is 5.78. The number of rotatable bonds is 6. The fourth-order valence-corrected chi connectivity index (χ4v) is 6.61. The average Bonchev–Trinajstić information content (AvgIpc) is 3.22. The van der Waals surface area contributed by atoms with Gasteiger partial charge in [-0.25, -0.2) is 0 Å². The first kappa shape index (κ1) is 20.3. The molecule has 0 bridgehead atoms. The van der Waals surface area contributed by atoms with E-state index in [4.69, 9.17) is 23.2 Å². The smallest absolute Gasteiger partial charge is 0.192 e. The zero-order chi connectivity index (χ0) is 20.6. The molecule has 0 radical (unpaired) electrons. The molecule has 1 aromatic carbocycles. The molecular weight excluding hydrogens is 435 g/mol. The van der Waals surface area contributed by atoms with Gasteiger partial charge in [-0.15, -0.1) is 33.4 Å². The van der Waals surface area contributed by atoms with Crippen molar-refractivity contribution in [1.82, 2.24) is 19.7 Å². The molecule has 0 saturated heterocycles. The van der Waals surface area contributed by atoms with E-state index in [1.807, 2.05) is 30.6 Å². The molecule has 2 aromatic heterocycles. The summed E-state index contributed by atoms with van der Waals surface area (Å²) in [6, 6.07) is 14.9. The SMILES string of the molecule is ClC1(Cl)CC1C(Sc1nnc(-c2ccncc2)n1C1CCCCC1)c1ccccc1. The van der Waals surface area contributed by atoms with Crippen molar-refractivity contribution in [1.29, 1.82) is 0 Å². The summed E-state index contributed by atoms with van der Waals surface area (Å²) in [6.45, 7) is 0. The highest BCUT2D eigenvalue weighted by Crippen LogP contribution is 2.63. The Morgan fingerprint density at radius 1 is 0.967 bits per heavy atom. The normalized spacial score (nSPS) is 22.0. The molecule has 30 heavy (non-hydrogen) atoms. The summed E-state index contributed by atoms with van der Waals surface area (Å²) in [5.41, 5.74) is 2.29. The van der Waals surface area contributed by atoms with Crippen LogP contribution >= 0.6 is 35.0 Å². The maximum Gasteiger partial charge on any atom is 0.192 e. The van der Waals surface area contributed by atoms with Gasteiger partial charge in [0.2, 0.25) is 0 Å². The van der Waals surface area contributed by atoms with Crippen molar-refractivity contribution < 1.29 is 0 Å². The molecule has 5 rings (SSSR count). The lowest BCUT2D eigenvalue weighted by Gasteiger charge is -2.27. The van der Waals surface area contributed by atoms with E-state index in [0.29, 0.717) is 6.04 Å². The zero-order valence-electron chi connectivity index (χ0n) is 16.6. The molecule has 2 aliphatic carbocycles. The van der Waals surface area contributed by atoms with Gasteiger partial charge in [-0.1, -0.05) is 61.4 Å². The maximum atomic E-state index is 6.51. The minimum Gasteiger partial charge on any atom is -0.299 e. The summed E-state index contributed by atoms with van der Waals surface area (Å²) in [5.74, 6) is 1.13. The average molecular weight is 459 g/mol. The number of halogens is 2. The highest BCUT2D eigenvalue weighted by Gasteiger charge is 2.56. The molecule has 2 saturated carbocycles. The van der Waals surface area contributed by atoms with E-state index in [1.165, 1.54) is 24.8 Å². The van der Waals surface area contributed by atoms with E-state index in [1.54, 1.807) is 11.8 Å². The lowest BCUT2D eigenvalue weighted by molar-refractivity contribution is 0.339. The van der Waals surface area contributed by atoms with Crippen molar-refractivity contribution >= 4 is 35.0 Å². The fourth-order valence-electron chi connectivity index (χ4n) is 4.43. The standard InChI is InChI=1S/C23H24Cl2N4S/c24-23(25)15-19(23)20(16-7-3-1-4-8-16)30-22-28-27-21(17-11-13-26-14-12-17)29(22)18-9-5-2-6-10-18/h1,3-4,7-8,11-14,18-20H,2,5-6,9-10,15H2. The van der Waals surface area contributed by atoms with Crippen LogP contribution in [0.3, 0.4) is 0 Å². The molecule has 2 unspecified atom stereocenters. The number of pyridine rings is 1. The first-order chi connectivity index (χ1) is 14.6. The Morgan fingerprint density at radius 2 is 1.67 bits per heavy atom. The van der Waals surface area contributed by atoms with Crippen LogP contribution in [0.25, 0.3) is 11.4 Å². The molecule has 3 aromatic rings. The summed E-state index contributed by atoms with van der Waals surface area (Å²) in [4.78, 5) is 4.16. The third kappa shape index (κ3) is 4.12. The van der Waals surface area contributed by atoms with Crippen molar-refractivity contribution in [3.8, 4) is 11.4 Å². The lowest BCUT2D eigenvalue weighted by atomic mass is 9.95. The Morgan fingerprint density at radius 3 is 2.33 bits per heavy atom. The number of alkyl halides is 2. The van der Waals surface area contributed by atoms with Gasteiger partial charge < -0.3 is 0 Å². The highest BCUT2D eigenvalue weighted by atomic mass is 35.5. The number of hydrogen-bond acceptors (Lipinski definition) is 4. The zero-order valence-corrected chi connectivity index (χ0v) is 19.0. The second-order valence-electron chi connectivity index (χ2n) is 8.22. The van der Waals surface area contributed by atoms with Crippen LogP contribution in [0, 0.1) is 5.92 Å². The fraction of sp³-hybridized carbons (Fsp3) is 0.435. The second kappa shape index (κ2) is 8.52. The van der Waals surface area contributed by atoms with Crippen molar-refractivity contribution in [2.45, 2.75) is 59.3 Å². The van der Waals surface area contributed by atoms with Crippen molar-refractivity contribution in [2.75, 3.05) is 0 Å². The predicted octanol–water partition coefficient (Wildman–Crippen LogP) is 6.87. The Labute approximate surface area is 191 Å². The van der Waals surface area contributed by atoms with Crippen LogP contribution in [-0.2, 0) is 0 Å². The van der Waals surface area contributed by atoms with Crippen molar-refractivity contribution in [3.05, 3.63) is 60.4 Å². The van der Waals surface area contributed by atoms with Crippen molar-refractivity contribution in [2.24, 2.45) is 5.92 Å². The quantitative estimate of drug-likeness (QED) is 0.298. The highest BCUT2D eigenvalue weighted by molar-refractivity contribution is 7.99. The van der Waals surface area contributed by atoms with E-state index >= 15 is 0 Å². The topological polar surface area (TPSA) is 43.6 Å². The van der Waals surface area contributed by atoms with Gasteiger partial charge in [-0.3, -0.25) is 9.55 Å². The summed E-state index contributed by atoms with van der Waals surface area (Å²) >= 11 is 14.8. The van der Waals surface area contributed by atoms with Gasteiger partial charge in [0.25, 0.3) is 0 Å². The van der Waals surface area contributed by atoms with Gasteiger partial charge in [0.15, 0.2) is 11.0 Å². The van der Waals surface area contributed by atoms with Gasteiger partial charge >= 0.3 is 0 Å². The summed E-state index contributed by atoms with van der Waals surface area (Å²) < 4.78 is 1.71. The maximum absolute atomic E-state index is 6.51. The Bertz CT molecular complexity index is 987. The molecular formula is C23H24Cl2N4S. The first-order valence-corrected chi connectivity index (χ1v) is 12.2. The number of aromatic nitrogens is 4. The van der Waals surface area contributed by atoms with Crippen LogP contribution in [0.2, 0.25) is 0 Å². The van der Waals surface area contributed by atoms with Crippen LogP contribution < -0.4 is 0 Å². The van der Waals surface area contributed by atoms with Crippen LogP contribution in [0.4, 0.5) is 0 Å². The van der Waals surface area contributed by atoms with Gasteiger partial charge in [-0.05, 0) is 37.0 Å². The predicted molar refractivity (Wildman–Crippen MR) is 123 cm³/mol. The minimum atomic E-state index is -0.656. The largest absolute Gasteiger partial charge is 0.299 e. The molecule has 0 amide bonds. The minimum absolute atomic E-state index is 0.151. The van der Waals surface area contributed by atoms with E-state index in [2.05, 4.69) is 44.0 Å². The van der Waals surface area contributed by atoms with Crippen LogP contribution in [0.1, 0.15) is 55.4 Å². The van der Waals surface area contributed by atoms with Crippen molar-refractivity contribution in [3.63, 3.8) is 0 Å². The van der Waals surface area contributed by atoms with Gasteiger partial charge in [0, 0.05) is 35.2 Å². The van der Waals surface area contributed by atoms with Gasteiger partial charge in [0.05, 0.1) is 0 Å². The van der Waals surface area contributed by atoms with E-state index in [9.17, 15) is 0 Å². The van der Waals surface area contributed by atoms with Gasteiger partial charge in [-0.2, -0.15) is 0 Å². The summed E-state index contributed by atoms with van der Waals surface area (Å²) in [7, 11) is 0. The first-order valence-electron chi connectivity index (χ1n) is 10.6. The van der Waals surface area contributed by atoms with Crippen LogP contribution in [-0.4, -0.2) is 24.1 Å². The third-order valence-electron chi connectivity index (χ3n) is 6.14. The molecule has 2 atom stereocenters. The molecule has 156 valence electrons. The number of nitrogens with zero attached hydrogens (tertiary/aromatic N) is 4. The van der Waals surface area contributed by atoms with E-state index in [0.717, 1.165) is 35.8 Å². The number of thioether (sulfide) groups is 1. The van der Waals surface area contributed by atoms with E-state index in [-0.39, 0.29) is 11.2 Å². The molecule has 0 N–H and O–H groups in total. The molecule has 0 spiro atoms. The molecule has 2 fully saturated rings. The molecule has 2 aliphatic rings. The summed E-state index contributed by atoms with van der Waals surface area (Å²) in [6.07, 6.45) is 10.6. The third-order valence-corrected chi connectivity index (χ3v) is 8.36.